The average molecular weight is 401 g/mol. The maximum absolute atomic E-state index is 13.0. The smallest absolute Gasteiger partial charge is 0.257 e. The van der Waals surface area contributed by atoms with Gasteiger partial charge in [0.25, 0.3) is 11.8 Å². The first-order valence-electron chi connectivity index (χ1n) is 9.16. The van der Waals surface area contributed by atoms with E-state index < -0.39 is 15.9 Å². The number of rotatable bonds is 5. The van der Waals surface area contributed by atoms with Gasteiger partial charge in [0, 0.05) is 31.4 Å². The second-order valence-electron chi connectivity index (χ2n) is 6.57. The van der Waals surface area contributed by atoms with Crippen molar-refractivity contribution < 1.29 is 18.0 Å². The van der Waals surface area contributed by atoms with Crippen LogP contribution in [0.15, 0.2) is 53.4 Å². The Kier molecular flexibility index (Phi) is 6.11. The van der Waals surface area contributed by atoms with Gasteiger partial charge in [-0.3, -0.25) is 9.59 Å². The van der Waals surface area contributed by atoms with Crippen molar-refractivity contribution >= 4 is 27.5 Å². The predicted octanol–water partition coefficient (Wildman–Crippen LogP) is 2.47. The van der Waals surface area contributed by atoms with Crippen LogP contribution in [0.25, 0.3) is 0 Å². The molecule has 2 N–H and O–H groups in total. The number of nitrogens with one attached hydrogen (secondary N) is 2. The molecule has 0 atom stereocenters. The van der Waals surface area contributed by atoms with Gasteiger partial charge in [-0.15, -0.1) is 0 Å². The number of sulfonamides is 1. The molecule has 28 heavy (non-hydrogen) atoms. The molecule has 0 spiro atoms. The molecule has 2 amide bonds. The molecule has 1 aliphatic heterocycles. The number of hydrogen-bond donors (Lipinski definition) is 2. The summed E-state index contributed by atoms with van der Waals surface area (Å²) in [7, 11) is -2.19. The Hall–Kier alpha value is -2.71. The third-order valence-electron chi connectivity index (χ3n) is 4.70. The largest absolute Gasteiger partial charge is 0.355 e. The summed E-state index contributed by atoms with van der Waals surface area (Å²) in [5.74, 6) is -0.736. The van der Waals surface area contributed by atoms with Gasteiger partial charge in [0.15, 0.2) is 0 Å². The van der Waals surface area contributed by atoms with Crippen molar-refractivity contribution in [3.05, 3.63) is 59.7 Å². The third kappa shape index (κ3) is 4.23. The van der Waals surface area contributed by atoms with Crippen LogP contribution in [0, 0.1) is 0 Å². The van der Waals surface area contributed by atoms with Crippen molar-refractivity contribution in [2.24, 2.45) is 0 Å². The fourth-order valence-electron chi connectivity index (χ4n) is 3.17. The second kappa shape index (κ2) is 8.53. The standard InChI is InChI=1S/C20H23N3O4S/c1-21-19(24)15-9-11-16(12-10-15)22-20(25)17-7-3-4-8-18(17)28(26,27)23-13-5-2-6-14-23/h3-4,7-12H,2,5-6,13-14H2,1H3,(H,21,24)(H,22,25). The molecule has 148 valence electrons. The van der Waals surface area contributed by atoms with Gasteiger partial charge in [0.1, 0.15) is 0 Å². The summed E-state index contributed by atoms with van der Waals surface area (Å²) in [6.45, 7) is 0.943. The van der Waals surface area contributed by atoms with Crippen LogP contribution >= 0.6 is 0 Å². The highest BCUT2D eigenvalue weighted by molar-refractivity contribution is 7.89. The number of benzene rings is 2. The minimum Gasteiger partial charge on any atom is -0.355 e. The molecule has 1 saturated heterocycles. The number of hydrogen-bond acceptors (Lipinski definition) is 4. The Morgan fingerprint density at radius 3 is 2.18 bits per heavy atom. The minimum atomic E-state index is -3.73. The van der Waals surface area contributed by atoms with Crippen LogP contribution in [0.2, 0.25) is 0 Å². The number of carbonyl (C=O) groups excluding carboxylic acids is 2. The molecule has 8 heteroatoms. The molecule has 2 aromatic rings. The Labute approximate surface area is 164 Å². The van der Waals surface area contributed by atoms with E-state index in [-0.39, 0.29) is 16.4 Å². The monoisotopic (exact) mass is 401 g/mol. The highest BCUT2D eigenvalue weighted by Gasteiger charge is 2.29. The highest BCUT2D eigenvalue weighted by atomic mass is 32.2. The van der Waals surface area contributed by atoms with Crippen molar-refractivity contribution in [3.8, 4) is 0 Å². The number of nitrogens with zero attached hydrogens (tertiary/aromatic N) is 1. The van der Waals surface area contributed by atoms with E-state index in [0.717, 1.165) is 19.3 Å². The first-order chi connectivity index (χ1) is 13.4. The summed E-state index contributed by atoms with van der Waals surface area (Å²) in [4.78, 5) is 24.4. The van der Waals surface area contributed by atoms with E-state index in [4.69, 9.17) is 0 Å². The zero-order valence-corrected chi connectivity index (χ0v) is 16.5. The molecule has 1 fully saturated rings. The fourth-order valence-corrected chi connectivity index (χ4v) is 4.88. The molecular formula is C20H23N3O4S. The summed E-state index contributed by atoms with van der Waals surface area (Å²) in [5, 5.41) is 5.23. The van der Waals surface area contributed by atoms with E-state index in [2.05, 4.69) is 10.6 Å². The maximum Gasteiger partial charge on any atom is 0.257 e. The van der Waals surface area contributed by atoms with E-state index in [1.807, 2.05) is 0 Å². The molecule has 0 bridgehead atoms. The molecule has 0 radical (unpaired) electrons. The number of amides is 2. The zero-order chi connectivity index (χ0) is 20.1. The molecule has 1 aliphatic rings. The van der Waals surface area contributed by atoms with Gasteiger partial charge < -0.3 is 10.6 Å². The number of anilines is 1. The van der Waals surface area contributed by atoms with Crippen molar-refractivity contribution in [2.75, 3.05) is 25.5 Å². The Morgan fingerprint density at radius 2 is 1.54 bits per heavy atom. The van der Waals surface area contributed by atoms with Gasteiger partial charge in [-0.1, -0.05) is 18.6 Å². The van der Waals surface area contributed by atoms with E-state index in [1.165, 1.54) is 23.5 Å². The van der Waals surface area contributed by atoms with Gasteiger partial charge >= 0.3 is 0 Å². The van der Waals surface area contributed by atoms with Crippen molar-refractivity contribution in [1.82, 2.24) is 9.62 Å². The third-order valence-corrected chi connectivity index (χ3v) is 6.65. The molecule has 7 nitrogen and oxygen atoms in total. The molecule has 0 saturated carbocycles. The quantitative estimate of drug-likeness (QED) is 0.805. The summed E-state index contributed by atoms with van der Waals surface area (Å²) in [6, 6.07) is 12.6. The SMILES string of the molecule is CNC(=O)c1ccc(NC(=O)c2ccccc2S(=O)(=O)N2CCCCC2)cc1. The molecule has 0 aliphatic carbocycles. The molecular weight excluding hydrogens is 378 g/mol. The van der Waals surface area contributed by atoms with E-state index in [9.17, 15) is 18.0 Å². The van der Waals surface area contributed by atoms with Gasteiger partial charge in [-0.05, 0) is 49.2 Å². The number of piperidine rings is 1. The van der Waals surface area contributed by atoms with Gasteiger partial charge in [0.05, 0.1) is 10.5 Å². The molecule has 0 aromatic heterocycles. The van der Waals surface area contributed by atoms with Crippen LogP contribution in [-0.2, 0) is 10.0 Å². The molecule has 0 unspecified atom stereocenters. The summed E-state index contributed by atoms with van der Waals surface area (Å²) < 4.78 is 27.5. The minimum absolute atomic E-state index is 0.0105. The van der Waals surface area contributed by atoms with Crippen LogP contribution in [-0.4, -0.2) is 44.7 Å². The lowest BCUT2D eigenvalue weighted by Gasteiger charge is -2.26. The average Bonchev–Trinajstić information content (AvgIpc) is 2.74. The maximum atomic E-state index is 13.0. The summed E-state index contributed by atoms with van der Waals surface area (Å²) in [6.07, 6.45) is 2.66. The Morgan fingerprint density at radius 1 is 0.893 bits per heavy atom. The van der Waals surface area contributed by atoms with Crippen molar-refractivity contribution in [1.29, 1.82) is 0 Å². The van der Waals surface area contributed by atoms with E-state index >= 15 is 0 Å². The predicted molar refractivity (Wildman–Crippen MR) is 107 cm³/mol. The van der Waals surface area contributed by atoms with E-state index in [0.29, 0.717) is 24.3 Å². The Balaban J connectivity index is 1.84. The summed E-state index contributed by atoms with van der Waals surface area (Å²) >= 11 is 0. The normalized spacial score (nSPS) is 15.0. The fraction of sp³-hybridized carbons (Fsp3) is 0.300. The van der Waals surface area contributed by atoms with Gasteiger partial charge in [-0.25, -0.2) is 8.42 Å². The van der Waals surface area contributed by atoms with Crippen LogP contribution in [0.4, 0.5) is 5.69 Å². The summed E-state index contributed by atoms with van der Waals surface area (Å²) in [5.41, 5.74) is 1.04. The lowest BCUT2D eigenvalue weighted by molar-refractivity contribution is 0.0962. The van der Waals surface area contributed by atoms with Crippen LogP contribution in [0.3, 0.4) is 0 Å². The van der Waals surface area contributed by atoms with Gasteiger partial charge in [-0.2, -0.15) is 4.31 Å². The van der Waals surface area contributed by atoms with Crippen LogP contribution < -0.4 is 10.6 Å². The number of carbonyl (C=O) groups is 2. The highest BCUT2D eigenvalue weighted by Crippen LogP contribution is 2.24. The first kappa shape index (κ1) is 20.0. The Bertz CT molecular complexity index is 965. The topological polar surface area (TPSA) is 95.6 Å². The van der Waals surface area contributed by atoms with Crippen molar-refractivity contribution in [2.45, 2.75) is 24.2 Å². The first-order valence-corrected chi connectivity index (χ1v) is 10.6. The van der Waals surface area contributed by atoms with Crippen molar-refractivity contribution in [3.63, 3.8) is 0 Å². The lowest BCUT2D eigenvalue weighted by Crippen LogP contribution is -2.36. The molecule has 2 aromatic carbocycles. The lowest BCUT2D eigenvalue weighted by atomic mass is 10.1. The second-order valence-corrected chi connectivity index (χ2v) is 8.48. The van der Waals surface area contributed by atoms with Crippen LogP contribution in [0.5, 0.6) is 0 Å². The van der Waals surface area contributed by atoms with E-state index in [1.54, 1.807) is 36.4 Å². The molecule has 1 heterocycles. The molecule has 3 rings (SSSR count). The van der Waals surface area contributed by atoms with Crippen LogP contribution in [0.1, 0.15) is 40.0 Å². The zero-order valence-electron chi connectivity index (χ0n) is 15.6. The van der Waals surface area contributed by atoms with Gasteiger partial charge in [0.2, 0.25) is 10.0 Å².